The van der Waals surface area contributed by atoms with E-state index in [0.29, 0.717) is 39.9 Å². The van der Waals surface area contributed by atoms with Crippen LogP contribution >= 0.6 is 0 Å². The van der Waals surface area contributed by atoms with Gasteiger partial charge in [0.1, 0.15) is 28.6 Å². The normalized spacial score (nSPS) is 12.0. The van der Waals surface area contributed by atoms with Gasteiger partial charge in [0.2, 0.25) is 0 Å². The molecule has 0 unspecified atom stereocenters. The summed E-state index contributed by atoms with van der Waals surface area (Å²) in [5.74, 6) is -1.50. The molecular formula is C33H25F2N3O6. The maximum absolute atomic E-state index is 15.3. The molecule has 0 atom stereocenters. The summed E-state index contributed by atoms with van der Waals surface area (Å²) in [6.07, 6.45) is 3.82. The number of halogens is 2. The first-order chi connectivity index (χ1) is 21.3. The summed E-state index contributed by atoms with van der Waals surface area (Å²) >= 11 is 0. The highest BCUT2D eigenvalue weighted by Gasteiger charge is 2.27. The molecule has 6 rings (SSSR count). The smallest absolute Gasteiger partial charge is 0.271 e. The van der Waals surface area contributed by atoms with Crippen molar-refractivity contribution in [1.29, 1.82) is 0 Å². The number of hydrogen-bond acceptors (Lipinski definition) is 7. The molecule has 5 aromatic rings. The minimum Gasteiger partial charge on any atom is -0.496 e. The Bertz CT molecular complexity index is 2010. The number of anilines is 1. The van der Waals surface area contributed by atoms with Crippen molar-refractivity contribution in [2.45, 2.75) is 19.8 Å². The lowest BCUT2D eigenvalue weighted by Crippen LogP contribution is -2.29. The maximum atomic E-state index is 15.3. The molecule has 0 spiro atoms. The van der Waals surface area contributed by atoms with Gasteiger partial charge in [-0.1, -0.05) is 6.92 Å². The van der Waals surface area contributed by atoms with Gasteiger partial charge in [0, 0.05) is 53.6 Å². The molecule has 0 radical (unpaired) electrons. The van der Waals surface area contributed by atoms with Crippen LogP contribution in [0.2, 0.25) is 0 Å². The topological polar surface area (TPSA) is 109 Å². The average Bonchev–Trinajstić information content (AvgIpc) is 3.49. The van der Waals surface area contributed by atoms with Crippen molar-refractivity contribution in [2.24, 2.45) is 0 Å². The van der Waals surface area contributed by atoms with Crippen molar-refractivity contribution in [3.8, 4) is 28.7 Å². The first-order valence-corrected chi connectivity index (χ1v) is 13.7. The second kappa shape index (κ2) is 11.6. The second-order valence-electron chi connectivity index (χ2n) is 9.97. The number of carbonyl (C=O) groups is 2. The van der Waals surface area contributed by atoms with Crippen LogP contribution < -0.4 is 25.1 Å². The Labute approximate surface area is 249 Å². The van der Waals surface area contributed by atoms with Gasteiger partial charge in [0.25, 0.3) is 11.5 Å². The first-order valence-electron chi connectivity index (χ1n) is 13.7. The van der Waals surface area contributed by atoms with Crippen LogP contribution in [0.4, 0.5) is 14.5 Å². The largest absolute Gasteiger partial charge is 0.496 e. The number of ketones is 1. The van der Waals surface area contributed by atoms with E-state index >= 15 is 4.39 Å². The highest BCUT2D eigenvalue weighted by molar-refractivity contribution is 6.06. The van der Waals surface area contributed by atoms with Gasteiger partial charge in [-0.25, -0.2) is 8.78 Å². The van der Waals surface area contributed by atoms with Crippen molar-refractivity contribution in [2.75, 3.05) is 19.0 Å². The lowest BCUT2D eigenvalue weighted by molar-refractivity contribution is 0.0983. The van der Waals surface area contributed by atoms with Crippen molar-refractivity contribution >= 4 is 28.3 Å². The monoisotopic (exact) mass is 597 g/mol. The lowest BCUT2D eigenvalue weighted by atomic mass is 10.0. The maximum Gasteiger partial charge on any atom is 0.271 e. The quantitative estimate of drug-likeness (QED) is 0.211. The molecule has 1 aliphatic heterocycles. The number of rotatable bonds is 8. The van der Waals surface area contributed by atoms with Crippen molar-refractivity contribution < 1.29 is 32.6 Å². The van der Waals surface area contributed by atoms with Crippen molar-refractivity contribution in [1.82, 2.24) is 9.55 Å². The Morgan fingerprint density at radius 3 is 2.55 bits per heavy atom. The van der Waals surface area contributed by atoms with E-state index in [0.717, 1.165) is 6.07 Å². The molecule has 0 fully saturated rings. The van der Waals surface area contributed by atoms with Gasteiger partial charge in [-0.2, -0.15) is 0 Å². The second-order valence-corrected chi connectivity index (χ2v) is 9.97. The fourth-order valence-corrected chi connectivity index (χ4v) is 5.04. The summed E-state index contributed by atoms with van der Waals surface area (Å²) < 4.78 is 46.9. The Morgan fingerprint density at radius 1 is 1.02 bits per heavy atom. The van der Waals surface area contributed by atoms with Crippen molar-refractivity contribution in [3.05, 3.63) is 112 Å². The third kappa shape index (κ3) is 5.24. The van der Waals surface area contributed by atoms with Gasteiger partial charge in [-0.3, -0.25) is 23.9 Å². The zero-order chi connectivity index (χ0) is 31.0. The number of ether oxygens (including phenoxy) is 3. The number of fused-ring (bicyclic) bond motifs is 2. The summed E-state index contributed by atoms with van der Waals surface area (Å²) in [5.41, 5.74) is 1.03. The predicted octanol–water partition coefficient (Wildman–Crippen LogP) is 6.24. The number of hydrogen-bond donors (Lipinski definition) is 1. The number of carbonyl (C=O) groups excluding carboxylic acids is 2. The molecule has 1 N–H and O–H groups in total. The van der Waals surface area contributed by atoms with Gasteiger partial charge in [-0.15, -0.1) is 0 Å². The molecular weight excluding hydrogens is 572 g/mol. The Hall–Kier alpha value is -5.58. The average molecular weight is 598 g/mol. The van der Waals surface area contributed by atoms with Gasteiger partial charge in [0.15, 0.2) is 17.3 Å². The fraction of sp³-hybridized carbons (Fsp3) is 0.152. The number of nitrogens with zero attached hydrogens (tertiary/aromatic N) is 2. The number of pyridine rings is 2. The highest BCUT2D eigenvalue weighted by Crippen LogP contribution is 2.35. The van der Waals surface area contributed by atoms with E-state index < -0.39 is 23.1 Å². The van der Waals surface area contributed by atoms with Crippen molar-refractivity contribution in [3.63, 3.8) is 0 Å². The molecule has 1 amide bonds. The summed E-state index contributed by atoms with van der Waals surface area (Å²) in [6, 6.07) is 13.9. The number of methoxy groups -OCH3 is 1. The predicted molar refractivity (Wildman–Crippen MR) is 159 cm³/mol. The molecule has 3 heterocycles. The standard InChI is InChI=1S/C33H25F2N3O6/c1-3-26(39)23-15-25-22(16-29(23)42-2)27(10-12-36-25)44-28-9-6-20(14-24(28)35)37-32(40)30-31-18(11-13-43-31)17-38(33(30)41)21-7-4-19(34)5-8-21/h4-10,12,14-17H,3,11,13H2,1-2H3,(H,37,40). The van der Waals surface area contributed by atoms with Gasteiger partial charge < -0.3 is 19.5 Å². The molecule has 9 nitrogen and oxygen atoms in total. The third-order valence-electron chi connectivity index (χ3n) is 7.24. The fourth-order valence-electron chi connectivity index (χ4n) is 5.04. The highest BCUT2D eigenvalue weighted by atomic mass is 19.1. The van der Waals surface area contributed by atoms with Gasteiger partial charge in [0.05, 0.1) is 24.8 Å². The molecule has 3 aromatic carbocycles. The Morgan fingerprint density at radius 2 is 1.82 bits per heavy atom. The number of nitrogens with one attached hydrogen (secondary N) is 1. The van der Waals surface area contributed by atoms with E-state index in [2.05, 4.69) is 10.3 Å². The van der Waals surface area contributed by atoms with Crippen LogP contribution in [0.25, 0.3) is 16.6 Å². The zero-order valence-corrected chi connectivity index (χ0v) is 23.6. The third-order valence-corrected chi connectivity index (χ3v) is 7.24. The van der Waals surface area contributed by atoms with E-state index in [9.17, 15) is 18.8 Å². The summed E-state index contributed by atoms with van der Waals surface area (Å²) in [4.78, 5) is 43.4. The molecule has 44 heavy (non-hydrogen) atoms. The van der Waals surface area contributed by atoms with Crippen LogP contribution in [0.15, 0.2) is 77.9 Å². The lowest BCUT2D eigenvalue weighted by Gasteiger charge is -2.14. The molecule has 0 bridgehead atoms. The Kier molecular flexibility index (Phi) is 7.52. The SMILES string of the molecule is CCC(=O)c1cc2nccc(Oc3ccc(NC(=O)c4c5c(cn(-c6ccc(F)cc6)c4=O)CCO5)cc3F)c2cc1OC. The van der Waals surface area contributed by atoms with E-state index in [4.69, 9.17) is 14.2 Å². The number of aromatic nitrogens is 2. The van der Waals surface area contributed by atoms with Gasteiger partial charge >= 0.3 is 0 Å². The van der Waals surface area contributed by atoms with Crippen LogP contribution in [0.3, 0.4) is 0 Å². The van der Waals surface area contributed by atoms with Crippen LogP contribution in [0.1, 0.15) is 39.6 Å². The number of Topliss-reactive ketones (excluding diaryl/α,β-unsaturated/α-hetero) is 1. The number of amides is 1. The van der Waals surface area contributed by atoms with Gasteiger partial charge in [-0.05, 0) is 54.6 Å². The minimum atomic E-state index is -0.790. The summed E-state index contributed by atoms with van der Waals surface area (Å²) in [7, 11) is 1.45. The van der Waals surface area contributed by atoms with Crippen LogP contribution in [-0.4, -0.2) is 35.0 Å². The van der Waals surface area contributed by atoms with E-state index in [-0.39, 0.29) is 47.3 Å². The summed E-state index contributed by atoms with van der Waals surface area (Å²) in [6.45, 7) is 2.03. The summed E-state index contributed by atoms with van der Waals surface area (Å²) in [5, 5.41) is 3.07. The first kappa shape index (κ1) is 28.5. The molecule has 2 aromatic heterocycles. The van der Waals surface area contributed by atoms with E-state index in [1.807, 2.05) is 0 Å². The van der Waals surface area contributed by atoms with Crippen LogP contribution in [0, 0.1) is 11.6 Å². The molecule has 0 aliphatic carbocycles. The molecule has 0 saturated heterocycles. The van der Waals surface area contributed by atoms with Crippen LogP contribution in [0.5, 0.6) is 23.0 Å². The zero-order valence-electron chi connectivity index (χ0n) is 23.6. The van der Waals surface area contributed by atoms with E-state index in [1.54, 1.807) is 31.3 Å². The molecule has 1 aliphatic rings. The number of benzene rings is 3. The minimum absolute atomic E-state index is 0.0761. The van der Waals surface area contributed by atoms with Crippen LogP contribution in [-0.2, 0) is 6.42 Å². The Balaban J connectivity index is 1.29. The van der Waals surface area contributed by atoms with E-state index in [1.165, 1.54) is 54.3 Å². The molecule has 0 saturated carbocycles. The molecule has 222 valence electrons. The molecule has 11 heteroatoms.